The first-order valence-electron chi connectivity index (χ1n) is 11.2. The molecular formula is C27H28N4O3. The molecule has 1 heterocycles. The van der Waals surface area contributed by atoms with Crippen molar-refractivity contribution in [3.63, 3.8) is 0 Å². The minimum Gasteiger partial charge on any atom is -0.330 e. The lowest BCUT2D eigenvalue weighted by atomic mass is 9.88. The Bertz CT molecular complexity index is 1220. The summed E-state index contributed by atoms with van der Waals surface area (Å²) in [6.45, 7) is 4.34. The van der Waals surface area contributed by atoms with Crippen LogP contribution in [0.2, 0.25) is 0 Å². The van der Waals surface area contributed by atoms with E-state index in [1.165, 1.54) is 12.5 Å². The molecule has 34 heavy (non-hydrogen) atoms. The first-order valence-corrected chi connectivity index (χ1v) is 11.2. The number of anilines is 2. The highest BCUT2D eigenvalue weighted by Gasteiger charge is 2.33. The second kappa shape index (κ2) is 9.89. The van der Waals surface area contributed by atoms with Crippen molar-refractivity contribution in [2.24, 2.45) is 5.73 Å². The highest BCUT2D eigenvalue weighted by molar-refractivity contribution is 6.03. The minimum absolute atomic E-state index is 0.0389. The molecule has 3 aromatic rings. The fraction of sp³-hybridized carbons (Fsp3) is 0.222. The van der Waals surface area contributed by atoms with Crippen LogP contribution in [0.1, 0.15) is 50.4 Å². The van der Waals surface area contributed by atoms with E-state index in [9.17, 15) is 14.4 Å². The number of ketones is 1. The molecule has 7 heteroatoms. The third-order valence-corrected chi connectivity index (χ3v) is 6.03. The average molecular weight is 457 g/mol. The zero-order chi connectivity index (χ0) is 24.2. The Morgan fingerprint density at radius 3 is 2.26 bits per heavy atom. The Morgan fingerprint density at radius 1 is 0.971 bits per heavy atom. The molecule has 1 unspecified atom stereocenters. The number of nitrogens with two attached hydrogens (primary N) is 1. The fourth-order valence-electron chi connectivity index (χ4n) is 4.21. The molecule has 0 spiro atoms. The lowest BCUT2D eigenvalue weighted by molar-refractivity contribution is 0.0654. The summed E-state index contributed by atoms with van der Waals surface area (Å²) in [6, 6.07) is 19.8. The molecule has 0 aliphatic carbocycles. The zero-order valence-corrected chi connectivity index (χ0v) is 19.3. The molecule has 3 amide bonds. The third-order valence-electron chi connectivity index (χ3n) is 6.03. The van der Waals surface area contributed by atoms with Gasteiger partial charge in [0.1, 0.15) is 0 Å². The summed E-state index contributed by atoms with van der Waals surface area (Å²) < 4.78 is 0. The number of aryl methyl sites for hydroxylation is 1. The Hall–Kier alpha value is -3.97. The van der Waals surface area contributed by atoms with Gasteiger partial charge in [0.05, 0.1) is 6.04 Å². The Balaban J connectivity index is 1.52. The summed E-state index contributed by atoms with van der Waals surface area (Å²) >= 11 is 0. The monoisotopic (exact) mass is 456 g/mol. The molecule has 7 nitrogen and oxygen atoms in total. The van der Waals surface area contributed by atoms with Crippen molar-refractivity contribution < 1.29 is 14.4 Å². The van der Waals surface area contributed by atoms with Gasteiger partial charge < -0.3 is 21.3 Å². The van der Waals surface area contributed by atoms with E-state index in [4.69, 9.17) is 5.73 Å². The van der Waals surface area contributed by atoms with E-state index in [1.54, 1.807) is 36.4 Å². The molecule has 0 bridgehead atoms. The molecule has 3 aromatic carbocycles. The summed E-state index contributed by atoms with van der Waals surface area (Å²) in [5.41, 5.74) is 11.2. The number of carbonyl (C=O) groups excluding carboxylic acids is 3. The molecule has 0 radical (unpaired) electrons. The van der Waals surface area contributed by atoms with Gasteiger partial charge in [-0.05, 0) is 67.8 Å². The molecule has 4 rings (SSSR count). The lowest BCUT2D eigenvalue weighted by Crippen LogP contribution is -2.43. The van der Waals surface area contributed by atoms with E-state index in [-0.39, 0.29) is 17.7 Å². The van der Waals surface area contributed by atoms with Gasteiger partial charge >= 0.3 is 6.03 Å². The van der Waals surface area contributed by atoms with Crippen LogP contribution in [-0.2, 0) is 6.42 Å². The Morgan fingerprint density at radius 2 is 1.62 bits per heavy atom. The fourth-order valence-corrected chi connectivity index (χ4v) is 4.21. The number of nitrogens with one attached hydrogen (secondary N) is 2. The maximum Gasteiger partial charge on any atom is 0.323 e. The summed E-state index contributed by atoms with van der Waals surface area (Å²) in [6.07, 6.45) is 0.680. The molecule has 0 fully saturated rings. The number of fused-ring (bicyclic) bond motifs is 1. The van der Waals surface area contributed by atoms with Gasteiger partial charge in [0.2, 0.25) is 0 Å². The molecule has 0 aromatic heterocycles. The maximum absolute atomic E-state index is 13.4. The zero-order valence-electron chi connectivity index (χ0n) is 19.3. The quantitative estimate of drug-likeness (QED) is 0.474. The van der Waals surface area contributed by atoms with Crippen molar-refractivity contribution in [3.05, 3.63) is 94.5 Å². The van der Waals surface area contributed by atoms with E-state index in [1.807, 2.05) is 17.9 Å². The topological polar surface area (TPSA) is 105 Å². The molecule has 1 aliphatic rings. The number of carbonyl (C=O) groups is 3. The first kappa shape index (κ1) is 23.2. The van der Waals surface area contributed by atoms with Gasteiger partial charge in [0.25, 0.3) is 5.91 Å². The predicted molar refractivity (Wildman–Crippen MR) is 133 cm³/mol. The van der Waals surface area contributed by atoms with Gasteiger partial charge in [0.15, 0.2) is 5.78 Å². The van der Waals surface area contributed by atoms with Crippen LogP contribution < -0.4 is 16.4 Å². The van der Waals surface area contributed by atoms with Crippen LogP contribution in [0, 0.1) is 6.92 Å². The number of Topliss-reactive ketones (excluding diaryl/α,β-unsaturated/α-hetero) is 1. The van der Waals surface area contributed by atoms with Crippen molar-refractivity contribution in [1.29, 1.82) is 0 Å². The van der Waals surface area contributed by atoms with Gasteiger partial charge in [-0.1, -0.05) is 35.9 Å². The van der Waals surface area contributed by atoms with Crippen molar-refractivity contribution in [2.75, 3.05) is 23.7 Å². The number of amides is 3. The molecule has 1 aliphatic heterocycles. The van der Waals surface area contributed by atoms with Crippen LogP contribution in [-0.4, -0.2) is 35.7 Å². The smallest absolute Gasteiger partial charge is 0.323 e. The van der Waals surface area contributed by atoms with Gasteiger partial charge in [-0.2, -0.15) is 0 Å². The first-order chi connectivity index (χ1) is 16.4. The van der Waals surface area contributed by atoms with Gasteiger partial charge in [-0.25, -0.2) is 4.79 Å². The Labute approximate surface area is 199 Å². The van der Waals surface area contributed by atoms with Crippen molar-refractivity contribution in [3.8, 4) is 0 Å². The number of nitrogens with zero attached hydrogens (tertiary/aromatic N) is 1. The van der Waals surface area contributed by atoms with E-state index < -0.39 is 6.03 Å². The Kier molecular flexibility index (Phi) is 6.75. The standard InChI is InChI=1S/C27H28N4O3/c1-17-3-5-20(6-4-17)25-15-21-9-12-23(16-24(21)26(33)31(25)14-13-28)30-27(34)29-22-10-7-19(8-11-22)18(2)32/h3-12,16,25H,13-15,28H2,1-2H3,(H2,29,30,34). The van der Waals surface area contributed by atoms with E-state index in [0.717, 1.165) is 11.1 Å². The average Bonchev–Trinajstić information content (AvgIpc) is 2.82. The molecular weight excluding hydrogens is 428 g/mol. The summed E-state index contributed by atoms with van der Waals surface area (Å²) in [7, 11) is 0. The lowest BCUT2D eigenvalue weighted by Gasteiger charge is -2.37. The van der Waals surface area contributed by atoms with Gasteiger partial charge in [-0.3, -0.25) is 9.59 Å². The predicted octanol–water partition coefficient (Wildman–Crippen LogP) is 4.54. The highest BCUT2D eigenvalue weighted by atomic mass is 16.2. The molecule has 1 atom stereocenters. The third kappa shape index (κ3) is 5.00. The van der Waals surface area contributed by atoms with Crippen molar-refractivity contribution in [2.45, 2.75) is 26.3 Å². The summed E-state index contributed by atoms with van der Waals surface area (Å²) in [5, 5.41) is 5.52. The normalized spacial score (nSPS) is 15.0. The van der Waals surface area contributed by atoms with Crippen molar-refractivity contribution >= 4 is 29.1 Å². The van der Waals surface area contributed by atoms with Crippen LogP contribution in [0.4, 0.5) is 16.2 Å². The number of hydrogen-bond acceptors (Lipinski definition) is 4. The highest BCUT2D eigenvalue weighted by Crippen LogP contribution is 2.34. The number of rotatable bonds is 6. The largest absolute Gasteiger partial charge is 0.330 e. The van der Waals surface area contributed by atoms with Gasteiger partial charge in [0, 0.05) is 35.6 Å². The number of urea groups is 1. The second-order valence-corrected chi connectivity index (χ2v) is 8.50. The van der Waals surface area contributed by atoms with E-state index in [0.29, 0.717) is 42.0 Å². The molecule has 0 saturated heterocycles. The van der Waals surface area contributed by atoms with Crippen LogP contribution in [0.3, 0.4) is 0 Å². The maximum atomic E-state index is 13.4. The van der Waals surface area contributed by atoms with Crippen LogP contribution in [0.25, 0.3) is 0 Å². The van der Waals surface area contributed by atoms with Crippen LogP contribution in [0.15, 0.2) is 66.7 Å². The molecule has 174 valence electrons. The number of benzene rings is 3. The summed E-state index contributed by atoms with van der Waals surface area (Å²) in [4.78, 5) is 39.1. The minimum atomic E-state index is -0.435. The van der Waals surface area contributed by atoms with E-state index >= 15 is 0 Å². The second-order valence-electron chi connectivity index (χ2n) is 8.50. The summed E-state index contributed by atoms with van der Waals surface area (Å²) in [5.74, 6) is -0.135. The number of hydrogen-bond donors (Lipinski definition) is 3. The molecule has 0 saturated carbocycles. The van der Waals surface area contributed by atoms with Gasteiger partial charge in [-0.15, -0.1) is 0 Å². The van der Waals surface area contributed by atoms with Crippen LogP contribution >= 0.6 is 0 Å². The van der Waals surface area contributed by atoms with Crippen LogP contribution in [0.5, 0.6) is 0 Å². The molecule has 4 N–H and O–H groups in total. The SMILES string of the molecule is CC(=O)c1ccc(NC(=O)Nc2ccc3c(c2)C(=O)N(CCN)C(c2ccc(C)cc2)C3)cc1. The van der Waals surface area contributed by atoms with Crippen molar-refractivity contribution in [1.82, 2.24) is 4.90 Å². The van der Waals surface area contributed by atoms with E-state index in [2.05, 4.69) is 34.9 Å².